The molecule has 7 atom stereocenters. The van der Waals surface area contributed by atoms with Crippen molar-refractivity contribution in [2.45, 2.75) is 98.8 Å². The number of benzene rings is 1. The highest BCUT2D eigenvalue weighted by atomic mass is 14.6. The molecule has 0 aliphatic heterocycles. The molecule has 0 heterocycles. The fraction of sp³-hybridized carbons (Fsp3) is 0.733. The van der Waals surface area contributed by atoms with E-state index in [-0.39, 0.29) is 0 Å². The van der Waals surface area contributed by atoms with E-state index in [1.54, 1.807) is 5.56 Å². The van der Waals surface area contributed by atoms with E-state index in [1.165, 1.54) is 75.3 Å². The highest BCUT2D eigenvalue weighted by Crippen LogP contribution is 2.67. The van der Waals surface area contributed by atoms with Gasteiger partial charge < -0.3 is 0 Å². The molecule has 1 aromatic rings. The molecule has 4 aliphatic carbocycles. The van der Waals surface area contributed by atoms with Crippen molar-refractivity contribution >= 4 is 0 Å². The molecule has 7 unspecified atom stereocenters. The van der Waals surface area contributed by atoms with Crippen LogP contribution in [0.15, 0.2) is 29.8 Å². The molecule has 0 amide bonds. The molecule has 3 fully saturated rings. The van der Waals surface area contributed by atoms with Gasteiger partial charge in [-0.25, -0.2) is 0 Å². The Balaban J connectivity index is 1.38. The van der Waals surface area contributed by atoms with Gasteiger partial charge in [0.2, 0.25) is 0 Å². The van der Waals surface area contributed by atoms with Gasteiger partial charge in [0.15, 0.2) is 0 Å². The van der Waals surface area contributed by atoms with Gasteiger partial charge in [-0.2, -0.15) is 0 Å². The number of rotatable bonds is 3. The van der Waals surface area contributed by atoms with Gasteiger partial charge in [0.05, 0.1) is 0 Å². The summed E-state index contributed by atoms with van der Waals surface area (Å²) in [6, 6.07) is 6.86. The maximum Gasteiger partial charge on any atom is -0.00853 e. The van der Waals surface area contributed by atoms with E-state index in [1.807, 2.05) is 5.57 Å². The molecule has 1 aromatic carbocycles. The molecular weight excluding hydrogens is 360 g/mol. The van der Waals surface area contributed by atoms with Gasteiger partial charge in [-0.15, -0.1) is 0 Å². The number of aryl methyl sites for hydroxylation is 2. The predicted octanol–water partition coefficient (Wildman–Crippen LogP) is 8.45. The zero-order valence-corrected chi connectivity index (χ0v) is 20.3. The molecule has 0 N–H and O–H groups in total. The Labute approximate surface area is 185 Å². The smallest absolute Gasteiger partial charge is 0.00853 e. The molecule has 0 saturated heterocycles. The average molecular weight is 405 g/mol. The van der Waals surface area contributed by atoms with Crippen molar-refractivity contribution in [3.05, 3.63) is 46.5 Å². The third kappa shape index (κ3) is 3.07. The van der Waals surface area contributed by atoms with Crippen molar-refractivity contribution in [2.24, 2.45) is 40.4 Å². The molecule has 3 saturated carbocycles. The van der Waals surface area contributed by atoms with Crippen LogP contribution >= 0.6 is 0 Å². The molecule has 0 nitrogen and oxygen atoms in total. The molecule has 4 aliphatic rings. The van der Waals surface area contributed by atoms with Gasteiger partial charge in [0.1, 0.15) is 0 Å². The van der Waals surface area contributed by atoms with Crippen molar-refractivity contribution in [1.82, 2.24) is 0 Å². The van der Waals surface area contributed by atoms with Crippen LogP contribution in [-0.2, 0) is 6.42 Å². The van der Waals surface area contributed by atoms with Crippen LogP contribution in [0.3, 0.4) is 0 Å². The number of hydrogen-bond donors (Lipinski definition) is 0. The van der Waals surface area contributed by atoms with Crippen LogP contribution in [-0.4, -0.2) is 0 Å². The lowest BCUT2D eigenvalue weighted by Crippen LogP contribution is -2.50. The van der Waals surface area contributed by atoms with Crippen LogP contribution in [0, 0.1) is 54.3 Å². The van der Waals surface area contributed by atoms with Crippen LogP contribution in [0.1, 0.15) is 95.2 Å². The first-order valence-electron chi connectivity index (χ1n) is 13.1. The van der Waals surface area contributed by atoms with Crippen LogP contribution in [0.25, 0.3) is 0 Å². The summed E-state index contributed by atoms with van der Waals surface area (Å²) in [5.74, 6) is 4.62. The Morgan fingerprint density at radius 2 is 1.73 bits per heavy atom. The molecule has 164 valence electrons. The SMILES string of the molecule is Cc1cccc(C)c1CC(C)C1CCC2C3CC=C4CCCCC4(C)C3CCC12C. The van der Waals surface area contributed by atoms with Crippen molar-refractivity contribution in [2.75, 3.05) is 0 Å². The summed E-state index contributed by atoms with van der Waals surface area (Å²) in [6.07, 6.45) is 17.2. The van der Waals surface area contributed by atoms with Crippen molar-refractivity contribution < 1.29 is 0 Å². The Kier molecular flexibility index (Phi) is 5.23. The monoisotopic (exact) mass is 404 g/mol. The van der Waals surface area contributed by atoms with Gasteiger partial charge in [0, 0.05) is 0 Å². The van der Waals surface area contributed by atoms with E-state index < -0.39 is 0 Å². The average Bonchev–Trinajstić information content (AvgIpc) is 3.07. The van der Waals surface area contributed by atoms with E-state index in [2.05, 4.69) is 58.9 Å². The summed E-state index contributed by atoms with van der Waals surface area (Å²) < 4.78 is 0. The van der Waals surface area contributed by atoms with Crippen molar-refractivity contribution in [3.63, 3.8) is 0 Å². The maximum absolute atomic E-state index is 2.74. The topological polar surface area (TPSA) is 0 Å². The zero-order chi connectivity index (χ0) is 21.1. The molecule has 0 bridgehead atoms. The maximum atomic E-state index is 2.74. The van der Waals surface area contributed by atoms with Crippen LogP contribution in [0.5, 0.6) is 0 Å². The minimum absolute atomic E-state index is 0.546. The molecule has 0 radical (unpaired) electrons. The summed E-state index contributed by atoms with van der Waals surface area (Å²) in [6.45, 7) is 12.6. The molecule has 0 spiro atoms. The Morgan fingerprint density at radius 3 is 2.50 bits per heavy atom. The first-order chi connectivity index (χ1) is 14.3. The van der Waals surface area contributed by atoms with Gasteiger partial charge in [-0.3, -0.25) is 0 Å². The lowest BCUT2D eigenvalue weighted by Gasteiger charge is -2.58. The third-order valence-corrected chi connectivity index (χ3v) is 10.9. The Morgan fingerprint density at radius 1 is 0.967 bits per heavy atom. The summed E-state index contributed by atoms with van der Waals surface area (Å²) in [5.41, 5.74) is 7.61. The fourth-order valence-electron chi connectivity index (χ4n) is 9.31. The quantitative estimate of drug-likeness (QED) is 0.443. The second kappa shape index (κ2) is 7.53. The Bertz CT molecular complexity index is 810. The van der Waals surface area contributed by atoms with Crippen LogP contribution in [0.2, 0.25) is 0 Å². The third-order valence-electron chi connectivity index (χ3n) is 10.9. The van der Waals surface area contributed by atoms with Gasteiger partial charge in [-0.05, 0) is 129 Å². The Hall–Kier alpha value is -1.04. The van der Waals surface area contributed by atoms with E-state index in [0.29, 0.717) is 10.8 Å². The first-order valence-corrected chi connectivity index (χ1v) is 13.1. The molecule has 30 heavy (non-hydrogen) atoms. The highest BCUT2D eigenvalue weighted by molar-refractivity contribution is 5.34. The molecule has 5 rings (SSSR count). The lowest BCUT2D eigenvalue weighted by atomic mass is 9.47. The van der Waals surface area contributed by atoms with Crippen molar-refractivity contribution in [3.8, 4) is 0 Å². The van der Waals surface area contributed by atoms with Gasteiger partial charge in [0.25, 0.3) is 0 Å². The zero-order valence-electron chi connectivity index (χ0n) is 20.3. The lowest BCUT2D eigenvalue weighted by molar-refractivity contribution is -0.0492. The van der Waals surface area contributed by atoms with Gasteiger partial charge >= 0.3 is 0 Å². The number of allylic oxidation sites excluding steroid dienone is 2. The predicted molar refractivity (Wildman–Crippen MR) is 129 cm³/mol. The van der Waals surface area contributed by atoms with E-state index in [0.717, 1.165) is 29.6 Å². The summed E-state index contributed by atoms with van der Waals surface area (Å²) in [4.78, 5) is 0. The number of fused-ring (bicyclic) bond motifs is 5. The molecular formula is C30H44. The number of hydrogen-bond acceptors (Lipinski definition) is 0. The largest absolute Gasteiger partial charge is 0.0845 e. The minimum Gasteiger partial charge on any atom is -0.0845 e. The highest BCUT2D eigenvalue weighted by Gasteiger charge is 2.58. The minimum atomic E-state index is 0.546. The second-order valence-electron chi connectivity index (χ2n) is 12.2. The second-order valence-corrected chi connectivity index (χ2v) is 12.2. The van der Waals surface area contributed by atoms with Crippen LogP contribution < -0.4 is 0 Å². The fourth-order valence-corrected chi connectivity index (χ4v) is 9.31. The summed E-state index contributed by atoms with van der Waals surface area (Å²) in [7, 11) is 0. The van der Waals surface area contributed by atoms with Crippen LogP contribution in [0.4, 0.5) is 0 Å². The van der Waals surface area contributed by atoms with Gasteiger partial charge in [-0.1, -0.05) is 57.0 Å². The standard InChI is InChI=1S/C30H44/c1-20-9-8-10-21(2)25(20)19-22(3)26-14-15-27-24-13-12-23-11-6-7-17-29(23,4)28(24)16-18-30(26,27)5/h8-10,12,22,24,26-28H,6-7,11,13-19H2,1-5H3. The normalized spacial score (nSPS) is 41.4. The van der Waals surface area contributed by atoms with E-state index in [9.17, 15) is 0 Å². The molecule has 0 aromatic heterocycles. The summed E-state index contributed by atoms with van der Waals surface area (Å²) >= 11 is 0. The molecule has 0 heteroatoms. The van der Waals surface area contributed by atoms with E-state index >= 15 is 0 Å². The first kappa shape index (κ1) is 20.8. The van der Waals surface area contributed by atoms with Crippen molar-refractivity contribution in [1.29, 1.82) is 0 Å². The summed E-state index contributed by atoms with van der Waals surface area (Å²) in [5, 5.41) is 0. The van der Waals surface area contributed by atoms with E-state index in [4.69, 9.17) is 0 Å².